The van der Waals surface area contributed by atoms with E-state index in [0.717, 1.165) is 17.3 Å². The molecule has 0 radical (unpaired) electrons. The number of rotatable bonds is 7. The topological polar surface area (TPSA) is 64.9 Å². The van der Waals surface area contributed by atoms with Crippen LogP contribution in [0.2, 0.25) is 0 Å². The molecule has 0 bridgehead atoms. The fourth-order valence-corrected chi connectivity index (χ4v) is 2.01. The second-order valence-corrected chi connectivity index (χ2v) is 5.18. The molecule has 0 aliphatic rings. The monoisotopic (exact) mass is 335 g/mol. The van der Waals surface area contributed by atoms with Gasteiger partial charge in [-0.25, -0.2) is 0 Å². The molecule has 0 fully saturated rings. The van der Waals surface area contributed by atoms with E-state index in [9.17, 15) is 4.79 Å². The van der Waals surface area contributed by atoms with Crippen LogP contribution in [-0.4, -0.2) is 19.0 Å². The first-order valence-electron chi connectivity index (χ1n) is 6.53. The van der Waals surface area contributed by atoms with Gasteiger partial charge in [0.1, 0.15) is 11.6 Å². The van der Waals surface area contributed by atoms with Gasteiger partial charge in [0.25, 0.3) is 5.91 Å². The predicted octanol–water partition coefficient (Wildman–Crippen LogP) is 2.51. The lowest BCUT2D eigenvalue weighted by molar-refractivity contribution is -0.117. The summed E-state index contributed by atoms with van der Waals surface area (Å²) in [6.07, 6.45) is 3.15. The molecule has 0 heterocycles. The van der Waals surface area contributed by atoms with E-state index in [1.54, 1.807) is 0 Å². The first kappa shape index (κ1) is 16.3. The Morgan fingerprint density at radius 2 is 2.25 bits per heavy atom. The van der Waals surface area contributed by atoms with Crippen molar-refractivity contribution in [3.05, 3.63) is 46.1 Å². The lowest BCUT2D eigenvalue weighted by Crippen LogP contribution is -2.26. The SMILES string of the molecule is CCCNC(=O)/C(C#N)=C\NCCc1cccc(Br)c1. The number of hydrogen-bond donors (Lipinski definition) is 2. The van der Waals surface area contributed by atoms with Crippen LogP contribution in [0.25, 0.3) is 0 Å². The van der Waals surface area contributed by atoms with E-state index in [4.69, 9.17) is 5.26 Å². The summed E-state index contributed by atoms with van der Waals surface area (Å²) < 4.78 is 1.04. The van der Waals surface area contributed by atoms with E-state index < -0.39 is 0 Å². The first-order valence-corrected chi connectivity index (χ1v) is 7.33. The lowest BCUT2D eigenvalue weighted by Gasteiger charge is -2.04. The van der Waals surface area contributed by atoms with Gasteiger partial charge in [-0.1, -0.05) is 35.0 Å². The molecule has 0 aromatic heterocycles. The zero-order valence-electron chi connectivity index (χ0n) is 11.4. The molecular formula is C15H18BrN3O. The number of halogens is 1. The van der Waals surface area contributed by atoms with Gasteiger partial charge >= 0.3 is 0 Å². The van der Waals surface area contributed by atoms with E-state index in [1.807, 2.05) is 37.3 Å². The highest BCUT2D eigenvalue weighted by Gasteiger charge is 2.06. The Morgan fingerprint density at radius 3 is 2.90 bits per heavy atom. The zero-order valence-corrected chi connectivity index (χ0v) is 13.0. The van der Waals surface area contributed by atoms with Crippen LogP contribution in [-0.2, 0) is 11.2 Å². The highest BCUT2D eigenvalue weighted by Crippen LogP contribution is 2.11. The second kappa shape index (κ2) is 9.16. The van der Waals surface area contributed by atoms with Crippen molar-refractivity contribution in [2.24, 2.45) is 0 Å². The number of carbonyl (C=O) groups is 1. The highest BCUT2D eigenvalue weighted by molar-refractivity contribution is 9.10. The van der Waals surface area contributed by atoms with Gasteiger partial charge in [-0.05, 0) is 30.5 Å². The number of nitriles is 1. The van der Waals surface area contributed by atoms with Crippen molar-refractivity contribution < 1.29 is 4.79 Å². The van der Waals surface area contributed by atoms with Crippen molar-refractivity contribution in [1.29, 1.82) is 5.26 Å². The first-order chi connectivity index (χ1) is 9.67. The molecule has 0 spiro atoms. The summed E-state index contributed by atoms with van der Waals surface area (Å²) in [5.41, 5.74) is 1.29. The quantitative estimate of drug-likeness (QED) is 0.457. The summed E-state index contributed by atoms with van der Waals surface area (Å²) in [4.78, 5) is 11.6. The highest BCUT2D eigenvalue weighted by atomic mass is 79.9. The molecule has 1 amide bonds. The van der Waals surface area contributed by atoms with Gasteiger partial charge < -0.3 is 10.6 Å². The van der Waals surface area contributed by atoms with Crippen molar-refractivity contribution in [3.8, 4) is 6.07 Å². The molecule has 5 heteroatoms. The van der Waals surface area contributed by atoms with E-state index in [1.165, 1.54) is 11.8 Å². The maximum absolute atomic E-state index is 11.6. The van der Waals surface area contributed by atoms with Gasteiger partial charge in [0.05, 0.1) is 0 Å². The number of hydrogen-bond acceptors (Lipinski definition) is 3. The van der Waals surface area contributed by atoms with Gasteiger partial charge in [0.2, 0.25) is 0 Å². The molecule has 4 nitrogen and oxygen atoms in total. The minimum absolute atomic E-state index is 0.104. The summed E-state index contributed by atoms with van der Waals surface area (Å²) >= 11 is 3.42. The third-order valence-corrected chi connectivity index (χ3v) is 3.09. The Labute approximate surface area is 128 Å². The number of nitrogens with zero attached hydrogens (tertiary/aromatic N) is 1. The van der Waals surface area contributed by atoms with E-state index in [0.29, 0.717) is 13.1 Å². The largest absolute Gasteiger partial charge is 0.389 e. The fourth-order valence-electron chi connectivity index (χ4n) is 1.57. The maximum Gasteiger partial charge on any atom is 0.263 e. The van der Waals surface area contributed by atoms with Crippen LogP contribution in [0.15, 0.2) is 40.5 Å². The molecule has 1 aromatic carbocycles. The lowest BCUT2D eigenvalue weighted by atomic mass is 10.1. The molecule has 106 valence electrons. The molecule has 2 N–H and O–H groups in total. The van der Waals surface area contributed by atoms with E-state index >= 15 is 0 Å². The molecule has 1 aromatic rings. The maximum atomic E-state index is 11.6. The molecule has 1 rings (SSSR count). The average molecular weight is 336 g/mol. The average Bonchev–Trinajstić information content (AvgIpc) is 2.45. The van der Waals surface area contributed by atoms with Crippen LogP contribution < -0.4 is 10.6 Å². The van der Waals surface area contributed by atoms with Gasteiger partial charge in [-0.3, -0.25) is 4.79 Å². The Bertz CT molecular complexity index is 520. The summed E-state index contributed by atoms with van der Waals surface area (Å²) in [7, 11) is 0. The molecule has 0 aliphatic carbocycles. The molecule has 0 saturated heterocycles. The van der Waals surface area contributed by atoms with Gasteiger partial charge in [0, 0.05) is 23.8 Å². The third-order valence-electron chi connectivity index (χ3n) is 2.59. The van der Waals surface area contributed by atoms with Crippen molar-refractivity contribution in [2.45, 2.75) is 19.8 Å². The van der Waals surface area contributed by atoms with Crippen LogP contribution in [0.4, 0.5) is 0 Å². The summed E-state index contributed by atoms with van der Waals surface area (Å²) in [6, 6.07) is 9.94. The molecular weight excluding hydrogens is 318 g/mol. The number of benzene rings is 1. The third kappa shape index (κ3) is 5.89. The van der Waals surface area contributed by atoms with Gasteiger partial charge in [0.15, 0.2) is 0 Å². The van der Waals surface area contributed by atoms with Crippen LogP contribution in [0.3, 0.4) is 0 Å². The van der Waals surface area contributed by atoms with Crippen LogP contribution in [0.5, 0.6) is 0 Å². The van der Waals surface area contributed by atoms with Gasteiger partial charge in [-0.15, -0.1) is 0 Å². The number of amides is 1. The van der Waals surface area contributed by atoms with Crippen LogP contribution >= 0.6 is 15.9 Å². The Balaban J connectivity index is 2.42. The normalized spacial score (nSPS) is 10.8. The van der Waals surface area contributed by atoms with Gasteiger partial charge in [-0.2, -0.15) is 5.26 Å². The summed E-state index contributed by atoms with van der Waals surface area (Å²) in [5, 5.41) is 14.6. The summed E-state index contributed by atoms with van der Waals surface area (Å²) in [6.45, 7) is 3.21. The van der Waals surface area contributed by atoms with Crippen molar-refractivity contribution in [1.82, 2.24) is 10.6 Å². The smallest absolute Gasteiger partial charge is 0.263 e. The molecule has 0 saturated carbocycles. The standard InChI is InChI=1S/C15H18BrN3O/c1-2-7-19-15(20)13(10-17)11-18-8-6-12-4-3-5-14(16)9-12/h3-5,9,11,18H,2,6-8H2,1H3,(H,19,20)/b13-11-. The molecule has 0 unspecified atom stereocenters. The van der Waals surface area contributed by atoms with Crippen molar-refractivity contribution in [3.63, 3.8) is 0 Å². The minimum Gasteiger partial charge on any atom is -0.389 e. The van der Waals surface area contributed by atoms with E-state index in [2.05, 4.69) is 26.6 Å². The van der Waals surface area contributed by atoms with Crippen LogP contribution in [0.1, 0.15) is 18.9 Å². The molecule has 20 heavy (non-hydrogen) atoms. The minimum atomic E-state index is -0.329. The number of carbonyl (C=O) groups excluding carboxylic acids is 1. The Morgan fingerprint density at radius 1 is 1.45 bits per heavy atom. The number of nitrogens with one attached hydrogen (secondary N) is 2. The molecule has 0 aliphatic heterocycles. The molecule has 0 atom stereocenters. The van der Waals surface area contributed by atoms with Crippen LogP contribution in [0, 0.1) is 11.3 Å². The summed E-state index contributed by atoms with van der Waals surface area (Å²) in [5.74, 6) is -0.329. The van der Waals surface area contributed by atoms with E-state index in [-0.39, 0.29) is 11.5 Å². The Hall–Kier alpha value is -1.80. The second-order valence-electron chi connectivity index (χ2n) is 4.26. The van der Waals surface area contributed by atoms with Crippen molar-refractivity contribution >= 4 is 21.8 Å². The Kier molecular flexibility index (Phi) is 7.44. The fraction of sp³-hybridized carbons (Fsp3) is 0.333. The zero-order chi connectivity index (χ0) is 14.8. The predicted molar refractivity (Wildman–Crippen MR) is 82.8 cm³/mol. The van der Waals surface area contributed by atoms with Crippen molar-refractivity contribution in [2.75, 3.05) is 13.1 Å².